The molecular weight excluding hydrogens is 308 g/mol. The highest BCUT2D eigenvalue weighted by atomic mass is 16.5. The number of nitriles is 1. The number of rotatable bonds is 7. The standard InChI is InChI=1S/C18H16N2O4/c19-10-15-8-4-5-9-16(15)23-13-17(21)20-11-18(22)24-12-14-6-2-1-3-7-14/h1-9H,11-13H2,(H,20,21). The molecule has 2 aromatic carbocycles. The average molecular weight is 324 g/mol. The van der Waals surface area contributed by atoms with Gasteiger partial charge in [-0.1, -0.05) is 42.5 Å². The van der Waals surface area contributed by atoms with Crippen molar-refractivity contribution in [1.82, 2.24) is 5.32 Å². The molecular formula is C18H16N2O4. The Morgan fingerprint density at radius 3 is 2.50 bits per heavy atom. The van der Waals surface area contributed by atoms with Crippen LogP contribution in [0.5, 0.6) is 5.75 Å². The second kappa shape index (κ2) is 8.96. The number of para-hydroxylation sites is 1. The first kappa shape index (κ1) is 17.0. The molecule has 1 N–H and O–H groups in total. The average Bonchev–Trinajstić information content (AvgIpc) is 2.64. The monoisotopic (exact) mass is 324 g/mol. The highest BCUT2D eigenvalue weighted by molar-refractivity contribution is 5.82. The van der Waals surface area contributed by atoms with E-state index in [-0.39, 0.29) is 19.8 Å². The van der Waals surface area contributed by atoms with E-state index in [0.29, 0.717) is 11.3 Å². The molecule has 0 heterocycles. The van der Waals surface area contributed by atoms with Gasteiger partial charge in [0.15, 0.2) is 6.61 Å². The van der Waals surface area contributed by atoms with Crippen molar-refractivity contribution < 1.29 is 19.1 Å². The first-order valence-electron chi connectivity index (χ1n) is 7.27. The molecule has 0 saturated carbocycles. The van der Waals surface area contributed by atoms with Crippen molar-refractivity contribution in [1.29, 1.82) is 5.26 Å². The first-order valence-corrected chi connectivity index (χ1v) is 7.27. The molecule has 122 valence electrons. The molecule has 2 rings (SSSR count). The maximum absolute atomic E-state index is 11.7. The number of benzene rings is 2. The molecule has 0 aromatic heterocycles. The number of hydrogen-bond donors (Lipinski definition) is 1. The lowest BCUT2D eigenvalue weighted by Gasteiger charge is -2.08. The van der Waals surface area contributed by atoms with Crippen molar-refractivity contribution in [3.05, 3.63) is 65.7 Å². The zero-order valence-electron chi connectivity index (χ0n) is 12.9. The van der Waals surface area contributed by atoms with E-state index in [9.17, 15) is 9.59 Å². The Morgan fingerprint density at radius 1 is 1.04 bits per heavy atom. The van der Waals surface area contributed by atoms with Crippen LogP contribution >= 0.6 is 0 Å². The summed E-state index contributed by atoms with van der Waals surface area (Å²) in [4.78, 5) is 23.2. The SMILES string of the molecule is N#Cc1ccccc1OCC(=O)NCC(=O)OCc1ccccc1. The second-order valence-electron chi connectivity index (χ2n) is 4.82. The molecule has 0 unspecified atom stereocenters. The van der Waals surface area contributed by atoms with Crippen LogP contribution in [0.15, 0.2) is 54.6 Å². The third-order valence-electron chi connectivity index (χ3n) is 3.04. The van der Waals surface area contributed by atoms with Crippen molar-refractivity contribution in [2.45, 2.75) is 6.61 Å². The molecule has 24 heavy (non-hydrogen) atoms. The molecule has 6 nitrogen and oxygen atoms in total. The molecule has 0 spiro atoms. The van der Waals surface area contributed by atoms with E-state index in [1.807, 2.05) is 36.4 Å². The molecule has 1 amide bonds. The molecule has 0 atom stereocenters. The molecule has 0 aliphatic carbocycles. The van der Waals surface area contributed by atoms with Crippen molar-refractivity contribution in [2.24, 2.45) is 0 Å². The second-order valence-corrected chi connectivity index (χ2v) is 4.82. The molecule has 0 fully saturated rings. The summed E-state index contributed by atoms with van der Waals surface area (Å²) in [5.74, 6) is -0.689. The zero-order chi connectivity index (χ0) is 17.2. The predicted octanol–water partition coefficient (Wildman–Crippen LogP) is 1.80. The molecule has 0 bridgehead atoms. The fourth-order valence-electron chi connectivity index (χ4n) is 1.84. The lowest BCUT2D eigenvalue weighted by atomic mass is 10.2. The molecule has 0 saturated heterocycles. The number of nitrogens with zero attached hydrogens (tertiary/aromatic N) is 1. The van der Waals surface area contributed by atoms with Crippen molar-refractivity contribution >= 4 is 11.9 Å². The summed E-state index contributed by atoms with van der Waals surface area (Å²) in [6.07, 6.45) is 0. The van der Waals surface area contributed by atoms with E-state index in [1.165, 1.54) is 0 Å². The maximum Gasteiger partial charge on any atom is 0.325 e. The minimum Gasteiger partial charge on any atom is -0.482 e. The van der Waals surface area contributed by atoms with Gasteiger partial charge in [0.1, 0.15) is 25.0 Å². The number of hydrogen-bond acceptors (Lipinski definition) is 5. The van der Waals surface area contributed by atoms with Gasteiger partial charge in [-0.3, -0.25) is 9.59 Å². The van der Waals surface area contributed by atoms with Crippen molar-refractivity contribution in [3.63, 3.8) is 0 Å². The van der Waals surface area contributed by atoms with Crippen LogP contribution in [0.4, 0.5) is 0 Å². The number of nitrogens with one attached hydrogen (secondary N) is 1. The van der Waals surface area contributed by atoms with Gasteiger partial charge in [-0.2, -0.15) is 5.26 Å². The van der Waals surface area contributed by atoms with Gasteiger partial charge < -0.3 is 14.8 Å². The summed E-state index contributed by atoms with van der Waals surface area (Å²) in [6, 6.07) is 17.8. The smallest absolute Gasteiger partial charge is 0.325 e. The zero-order valence-corrected chi connectivity index (χ0v) is 12.9. The van der Waals surface area contributed by atoms with E-state index < -0.39 is 11.9 Å². The summed E-state index contributed by atoms with van der Waals surface area (Å²) in [5, 5.41) is 11.3. The van der Waals surface area contributed by atoms with Crippen LogP contribution in [0.3, 0.4) is 0 Å². The topological polar surface area (TPSA) is 88.4 Å². The lowest BCUT2D eigenvalue weighted by molar-refractivity contribution is -0.145. The van der Waals surface area contributed by atoms with E-state index in [4.69, 9.17) is 14.7 Å². The fraction of sp³-hybridized carbons (Fsp3) is 0.167. The summed E-state index contributed by atoms with van der Waals surface area (Å²) < 4.78 is 10.3. The Labute approximate surface area is 139 Å². The van der Waals surface area contributed by atoms with Gasteiger partial charge in [-0.05, 0) is 17.7 Å². The first-order chi connectivity index (χ1) is 11.7. The van der Waals surface area contributed by atoms with Gasteiger partial charge in [-0.15, -0.1) is 0 Å². The maximum atomic E-state index is 11.7. The fourth-order valence-corrected chi connectivity index (χ4v) is 1.84. The van der Waals surface area contributed by atoms with Gasteiger partial charge in [0, 0.05) is 0 Å². The number of amides is 1. The van der Waals surface area contributed by atoms with Crippen molar-refractivity contribution in [2.75, 3.05) is 13.2 Å². The molecule has 2 aromatic rings. The molecule has 0 aliphatic rings. The Balaban J connectivity index is 1.69. The molecule has 6 heteroatoms. The third-order valence-corrected chi connectivity index (χ3v) is 3.04. The van der Waals surface area contributed by atoms with Gasteiger partial charge in [0.2, 0.25) is 0 Å². The summed E-state index contributed by atoms with van der Waals surface area (Å²) in [7, 11) is 0. The van der Waals surface area contributed by atoms with Crippen LogP contribution in [0.25, 0.3) is 0 Å². The van der Waals surface area contributed by atoms with E-state index in [2.05, 4.69) is 5.32 Å². The quantitative estimate of drug-likeness (QED) is 0.785. The van der Waals surface area contributed by atoms with Crippen molar-refractivity contribution in [3.8, 4) is 11.8 Å². The predicted molar refractivity (Wildman–Crippen MR) is 85.9 cm³/mol. The van der Waals surface area contributed by atoms with Crippen LogP contribution in [-0.2, 0) is 20.9 Å². The third kappa shape index (κ3) is 5.46. The number of ether oxygens (including phenoxy) is 2. The molecule has 0 aliphatic heterocycles. The number of carbonyl (C=O) groups excluding carboxylic acids is 2. The Bertz CT molecular complexity index is 738. The van der Waals surface area contributed by atoms with Gasteiger partial charge in [0.25, 0.3) is 5.91 Å². The van der Waals surface area contributed by atoms with E-state index in [0.717, 1.165) is 5.56 Å². The minimum atomic E-state index is -0.537. The summed E-state index contributed by atoms with van der Waals surface area (Å²) >= 11 is 0. The van der Waals surface area contributed by atoms with E-state index >= 15 is 0 Å². The Morgan fingerprint density at radius 2 is 1.75 bits per heavy atom. The summed E-state index contributed by atoms with van der Waals surface area (Å²) in [6.45, 7) is -0.374. The Kier molecular flexibility index (Phi) is 6.35. The van der Waals surface area contributed by atoms with E-state index in [1.54, 1.807) is 24.3 Å². The lowest BCUT2D eigenvalue weighted by Crippen LogP contribution is -2.34. The molecule has 0 radical (unpaired) electrons. The Hall–Kier alpha value is -3.33. The van der Waals surface area contributed by atoms with Crippen LogP contribution < -0.4 is 10.1 Å². The van der Waals surface area contributed by atoms with Gasteiger partial charge >= 0.3 is 5.97 Å². The highest BCUT2D eigenvalue weighted by Gasteiger charge is 2.09. The minimum absolute atomic E-state index is 0.154. The van der Waals surface area contributed by atoms with Gasteiger partial charge in [-0.25, -0.2) is 0 Å². The van der Waals surface area contributed by atoms with Crippen LogP contribution in [0.1, 0.15) is 11.1 Å². The summed E-state index contributed by atoms with van der Waals surface area (Å²) in [5.41, 5.74) is 1.21. The number of carbonyl (C=O) groups is 2. The van der Waals surface area contributed by atoms with Gasteiger partial charge in [0.05, 0.1) is 5.56 Å². The van der Waals surface area contributed by atoms with Crippen LogP contribution in [-0.4, -0.2) is 25.0 Å². The van der Waals surface area contributed by atoms with Crippen LogP contribution in [0.2, 0.25) is 0 Å². The number of esters is 1. The highest BCUT2D eigenvalue weighted by Crippen LogP contribution is 2.16. The normalized spacial score (nSPS) is 9.62. The largest absolute Gasteiger partial charge is 0.482 e. The van der Waals surface area contributed by atoms with Crippen LogP contribution in [0, 0.1) is 11.3 Å².